The van der Waals surface area contributed by atoms with Crippen molar-refractivity contribution in [3.8, 4) is 11.5 Å². The van der Waals surface area contributed by atoms with Crippen LogP contribution in [0.5, 0.6) is 11.5 Å². The summed E-state index contributed by atoms with van der Waals surface area (Å²) in [5.41, 5.74) is 0.525. The molecule has 3 rings (SSSR count). The molecule has 0 aliphatic rings. The molecule has 0 spiro atoms. The molecular formula is C15H9ClN2O3. The lowest BCUT2D eigenvalue weighted by Crippen LogP contribution is -1.99. The summed E-state index contributed by atoms with van der Waals surface area (Å²) < 4.78 is 5.71. The first-order chi connectivity index (χ1) is 10.1. The zero-order chi connectivity index (χ0) is 14.8. The van der Waals surface area contributed by atoms with Gasteiger partial charge in [0.2, 0.25) is 0 Å². The first-order valence-corrected chi connectivity index (χ1v) is 6.43. The Morgan fingerprint density at radius 1 is 1.14 bits per heavy atom. The molecule has 0 amide bonds. The maximum atomic E-state index is 10.9. The minimum absolute atomic E-state index is 0.0845. The molecule has 21 heavy (non-hydrogen) atoms. The molecule has 0 saturated carbocycles. The average Bonchev–Trinajstić information content (AvgIpc) is 2.51. The summed E-state index contributed by atoms with van der Waals surface area (Å²) >= 11 is 6.12. The van der Waals surface area contributed by atoms with E-state index in [2.05, 4.69) is 9.97 Å². The fourth-order valence-electron chi connectivity index (χ4n) is 1.91. The van der Waals surface area contributed by atoms with Crippen molar-refractivity contribution in [1.82, 2.24) is 9.97 Å². The molecule has 0 radical (unpaired) electrons. The Morgan fingerprint density at radius 3 is 2.81 bits per heavy atom. The molecule has 1 N–H and O–H groups in total. The molecule has 0 saturated heterocycles. The predicted molar refractivity (Wildman–Crippen MR) is 78.0 cm³/mol. The number of nitrogens with zero attached hydrogens (tertiary/aromatic N) is 2. The lowest BCUT2D eigenvalue weighted by atomic mass is 10.2. The molecule has 1 aromatic carbocycles. The Labute approximate surface area is 124 Å². The number of carboxylic acids is 1. The summed E-state index contributed by atoms with van der Waals surface area (Å²) in [5, 5.41) is 10.3. The Morgan fingerprint density at radius 2 is 2.00 bits per heavy atom. The molecule has 0 unspecified atom stereocenters. The summed E-state index contributed by atoms with van der Waals surface area (Å²) in [6, 6.07) is 9.96. The highest BCUT2D eigenvalue weighted by molar-refractivity contribution is 6.35. The second-order valence-corrected chi connectivity index (χ2v) is 4.64. The topological polar surface area (TPSA) is 72.3 Å². The van der Waals surface area contributed by atoms with Gasteiger partial charge in [0.15, 0.2) is 11.4 Å². The Hall–Kier alpha value is -2.66. The van der Waals surface area contributed by atoms with Crippen LogP contribution in [-0.2, 0) is 0 Å². The number of fused-ring (bicyclic) bond motifs is 1. The first kappa shape index (κ1) is 13.3. The largest absolute Gasteiger partial charge is 0.477 e. The summed E-state index contributed by atoms with van der Waals surface area (Å²) in [6.45, 7) is 0. The number of aromatic carboxylic acids is 1. The molecule has 5 nitrogen and oxygen atoms in total. The molecule has 0 atom stereocenters. The number of carbonyl (C=O) groups is 1. The van der Waals surface area contributed by atoms with Crippen LogP contribution in [0.3, 0.4) is 0 Å². The fraction of sp³-hybridized carbons (Fsp3) is 0. The molecule has 0 aliphatic carbocycles. The van der Waals surface area contributed by atoms with Crippen LogP contribution in [0.4, 0.5) is 0 Å². The normalized spacial score (nSPS) is 10.5. The Kier molecular flexibility index (Phi) is 3.41. The maximum absolute atomic E-state index is 10.9. The summed E-state index contributed by atoms with van der Waals surface area (Å²) in [5.74, 6) is -0.242. The van der Waals surface area contributed by atoms with Crippen LogP contribution >= 0.6 is 11.6 Å². The van der Waals surface area contributed by atoms with Gasteiger partial charge in [0, 0.05) is 23.8 Å². The summed E-state index contributed by atoms with van der Waals surface area (Å²) in [4.78, 5) is 18.9. The first-order valence-electron chi connectivity index (χ1n) is 6.05. The van der Waals surface area contributed by atoms with Crippen LogP contribution in [0, 0.1) is 0 Å². The van der Waals surface area contributed by atoms with E-state index in [-0.39, 0.29) is 5.69 Å². The lowest BCUT2D eigenvalue weighted by Gasteiger charge is -2.09. The van der Waals surface area contributed by atoms with E-state index >= 15 is 0 Å². The molecule has 0 fully saturated rings. The van der Waals surface area contributed by atoms with Crippen LogP contribution in [0.25, 0.3) is 10.9 Å². The van der Waals surface area contributed by atoms with Crippen LogP contribution in [0.2, 0.25) is 5.02 Å². The number of carboxylic acid groups (broad SMARTS) is 1. The minimum atomic E-state index is -1.11. The number of halogens is 1. The number of benzene rings is 1. The van der Waals surface area contributed by atoms with E-state index in [1.807, 2.05) is 6.07 Å². The second-order valence-electron chi connectivity index (χ2n) is 4.23. The van der Waals surface area contributed by atoms with Crippen molar-refractivity contribution in [3.63, 3.8) is 0 Å². The quantitative estimate of drug-likeness (QED) is 0.797. The summed E-state index contributed by atoms with van der Waals surface area (Å²) in [7, 11) is 0. The number of rotatable bonds is 3. The number of ether oxygens (including phenoxy) is 1. The average molecular weight is 301 g/mol. The van der Waals surface area contributed by atoms with Gasteiger partial charge in [-0.1, -0.05) is 11.6 Å². The minimum Gasteiger partial charge on any atom is -0.477 e. The van der Waals surface area contributed by atoms with Crippen molar-refractivity contribution in [2.75, 3.05) is 0 Å². The van der Waals surface area contributed by atoms with Gasteiger partial charge in [0.25, 0.3) is 0 Å². The van der Waals surface area contributed by atoms with Crippen molar-refractivity contribution >= 4 is 28.5 Å². The maximum Gasteiger partial charge on any atom is 0.354 e. The third kappa shape index (κ3) is 2.64. The van der Waals surface area contributed by atoms with Gasteiger partial charge in [-0.3, -0.25) is 4.98 Å². The van der Waals surface area contributed by atoms with Crippen molar-refractivity contribution in [2.45, 2.75) is 0 Å². The van der Waals surface area contributed by atoms with Crippen LogP contribution in [0.1, 0.15) is 10.5 Å². The standard InChI is InChI=1S/C15H9ClN2O3/c16-11-3-4-13(14-10(11)2-1-6-18-14)21-9-5-7-17-12(8-9)15(19)20/h1-8H,(H,19,20). The van der Waals surface area contributed by atoms with E-state index in [0.717, 1.165) is 5.39 Å². The molecule has 0 aliphatic heterocycles. The highest BCUT2D eigenvalue weighted by atomic mass is 35.5. The van der Waals surface area contributed by atoms with Gasteiger partial charge < -0.3 is 9.84 Å². The Bertz CT molecular complexity index is 836. The van der Waals surface area contributed by atoms with E-state index in [4.69, 9.17) is 21.4 Å². The Balaban J connectivity index is 2.04. The third-order valence-electron chi connectivity index (χ3n) is 2.86. The van der Waals surface area contributed by atoms with Crippen LogP contribution in [-0.4, -0.2) is 21.0 Å². The second kappa shape index (κ2) is 5.38. The highest BCUT2D eigenvalue weighted by Gasteiger charge is 2.10. The fourth-order valence-corrected chi connectivity index (χ4v) is 2.13. The van der Waals surface area contributed by atoms with Crippen LogP contribution in [0.15, 0.2) is 48.8 Å². The molecule has 6 heteroatoms. The van der Waals surface area contributed by atoms with Crippen molar-refractivity contribution in [3.05, 3.63) is 59.5 Å². The van der Waals surface area contributed by atoms with E-state index in [9.17, 15) is 4.79 Å². The zero-order valence-electron chi connectivity index (χ0n) is 10.7. The number of hydrogen-bond donors (Lipinski definition) is 1. The van der Waals surface area contributed by atoms with E-state index in [0.29, 0.717) is 22.0 Å². The van der Waals surface area contributed by atoms with Gasteiger partial charge in [-0.2, -0.15) is 0 Å². The van der Waals surface area contributed by atoms with Crippen molar-refractivity contribution in [2.24, 2.45) is 0 Å². The van der Waals surface area contributed by atoms with Gasteiger partial charge in [-0.15, -0.1) is 0 Å². The van der Waals surface area contributed by atoms with Gasteiger partial charge in [-0.25, -0.2) is 9.78 Å². The predicted octanol–water partition coefficient (Wildman–Crippen LogP) is 3.77. The van der Waals surface area contributed by atoms with Crippen LogP contribution < -0.4 is 4.74 Å². The SMILES string of the molecule is O=C(O)c1cc(Oc2ccc(Cl)c3cccnc23)ccn1. The van der Waals surface area contributed by atoms with E-state index < -0.39 is 5.97 Å². The smallest absolute Gasteiger partial charge is 0.354 e. The summed E-state index contributed by atoms with van der Waals surface area (Å²) in [6.07, 6.45) is 3.02. The van der Waals surface area contributed by atoms with Gasteiger partial charge in [-0.05, 0) is 30.3 Å². The van der Waals surface area contributed by atoms with Gasteiger partial charge in [0.05, 0.1) is 5.02 Å². The molecule has 104 valence electrons. The zero-order valence-corrected chi connectivity index (χ0v) is 11.4. The molecule has 0 bridgehead atoms. The number of aromatic nitrogens is 2. The van der Waals surface area contributed by atoms with E-state index in [1.54, 1.807) is 30.5 Å². The molecule has 2 heterocycles. The monoisotopic (exact) mass is 300 g/mol. The third-order valence-corrected chi connectivity index (χ3v) is 3.19. The molecular weight excluding hydrogens is 292 g/mol. The van der Waals surface area contributed by atoms with E-state index in [1.165, 1.54) is 12.3 Å². The molecule has 3 aromatic rings. The molecule has 2 aromatic heterocycles. The lowest BCUT2D eigenvalue weighted by molar-refractivity contribution is 0.0690. The van der Waals surface area contributed by atoms with Gasteiger partial charge >= 0.3 is 5.97 Å². The van der Waals surface area contributed by atoms with Crippen molar-refractivity contribution in [1.29, 1.82) is 0 Å². The number of hydrogen-bond acceptors (Lipinski definition) is 4. The number of pyridine rings is 2. The highest BCUT2D eigenvalue weighted by Crippen LogP contribution is 2.32. The van der Waals surface area contributed by atoms with Crippen molar-refractivity contribution < 1.29 is 14.6 Å². The van der Waals surface area contributed by atoms with Gasteiger partial charge in [0.1, 0.15) is 11.3 Å².